The van der Waals surface area contributed by atoms with E-state index in [1.54, 1.807) is 56.3 Å². The lowest BCUT2D eigenvalue weighted by atomic mass is 10.1. The van der Waals surface area contributed by atoms with Crippen LogP contribution in [0.2, 0.25) is 15.1 Å². The van der Waals surface area contributed by atoms with E-state index in [2.05, 4.69) is 5.32 Å². The normalized spacial score (nSPS) is 12.1. The molecule has 12 heteroatoms. The number of carbonyl (C=O) groups excluding carboxylic acids is 2. The number of rotatable bonds is 13. The number of hydrogen-bond acceptors (Lipinski definition) is 5. The highest BCUT2D eigenvalue weighted by molar-refractivity contribution is 7.92. The van der Waals surface area contributed by atoms with Crippen LogP contribution in [0.1, 0.15) is 39.7 Å². The number of benzene rings is 3. The molecule has 0 spiro atoms. The second kappa shape index (κ2) is 15.0. The van der Waals surface area contributed by atoms with Crippen LogP contribution in [0.15, 0.2) is 71.6 Å². The van der Waals surface area contributed by atoms with E-state index in [4.69, 9.17) is 39.5 Å². The van der Waals surface area contributed by atoms with Gasteiger partial charge >= 0.3 is 0 Å². The highest BCUT2D eigenvalue weighted by Gasteiger charge is 2.35. The highest BCUT2D eigenvalue weighted by Crippen LogP contribution is 2.33. The van der Waals surface area contributed by atoms with Gasteiger partial charge in [0.25, 0.3) is 10.0 Å². The Balaban J connectivity index is 2.13. The summed E-state index contributed by atoms with van der Waals surface area (Å²) in [7, 11) is -4.29. The third-order valence-electron chi connectivity index (χ3n) is 6.27. The molecule has 0 bridgehead atoms. The van der Waals surface area contributed by atoms with Crippen molar-refractivity contribution in [3.8, 4) is 5.75 Å². The molecular formula is C30H34Cl3N3O5S. The number of amides is 2. The SMILES string of the molecule is CCOc1ccccc1N(CC(=O)N(Cc1ccc(Cl)c(Cl)c1)[C@H](CC)C(=O)NC(C)C)S(=O)(=O)c1ccc(Cl)cc1. The maximum absolute atomic E-state index is 14.2. The number of sulfonamides is 1. The Bertz CT molecular complexity index is 1500. The minimum absolute atomic E-state index is 0.0122. The summed E-state index contributed by atoms with van der Waals surface area (Å²) in [5.41, 5.74) is 0.798. The number of carbonyl (C=O) groups is 2. The molecule has 0 radical (unpaired) electrons. The lowest BCUT2D eigenvalue weighted by molar-refractivity contribution is -0.140. The summed E-state index contributed by atoms with van der Waals surface area (Å²) in [6, 6.07) is 16.1. The summed E-state index contributed by atoms with van der Waals surface area (Å²) < 4.78 is 34.9. The van der Waals surface area contributed by atoms with Crippen LogP contribution < -0.4 is 14.4 Å². The van der Waals surface area contributed by atoms with Crippen LogP contribution in [-0.4, -0.2) is 50.4 Å². The van der Waals surface area contributed by atoms with E-state index in [-0.39, 0.29) is 47.9 Å². The second-order valence-electron chi connectivity index (χ2n) is 9.72. The quantitative estimate of drug-likeness (QED) is 0.225. The van der Waals surface area contributed by atoms with Crippen LogP contribution in [0.5, 0.6) is 5.75 Å². The molecule has 1 atom stereocenters. The van der Waals surface area contributed by atoms with E-state index in [0.717, 1.165) is 4.31 Å². The molecule has 3 rings (SSSR count). The summed E-state index contributed by atoms with van der Waals surface area (Å²) >= 11 is 18.4. The van der Waals surface area contributed by atoms with Crippen molar-refractivity contribution < 1.29 is 22.7 Å². The van der Waals surface area contributed by atoms with Crippen LogP contribution in [-0.2, 0) is 26.2 Å². The first-order chi connectivity index (χ1) is 19.9. The summed E-state index contributed by atoms with van der Waals surface area (Å²) in [6.07, 6.45) is 0.283. The van der Waals surface area contributed by atoms with Gasteiger partial charge in [0.2, 0.25) is 11.8 Å². The zero-order valence-electron chi connectivity index (χ0n) is 23.8. The molecule has 0 unspecified atom stereocenters. The largest absolute Gasteiger partial charge is 0.492 e. The lowest BCUT2D eigenvalue weighted by Crippen LogP contribution is -2.53. The minimum atomic E-state index is -4.29. The van der Waals surface area contributed by atoms with Crippen molar-refractivity contribution in [2.45, 2.75) is 57.6 Å². The molecule has 0 fully saturated rings. The maximum Gasteiger partial charge on any atom is 0.264 e. The van der Waals surface area contributed by atoms with Gasteiger partial charge in [0, 0.05) is 17.6 Å². The van der Waals surface area contributed by atoms with Crippen molar-refractivity contribution in [2.75, 3.05) is 17.5 Å². The average molecular weight is 655 g/mol. The Kier molecular flexibility index (Phi) is 11.9. The van der Waals surface area contributed by atoms with Gasteiger partial charge in [0.05, 0.1) is 27.2 Å². The first-order valence-electron chi connectivity index (χ1n) is 13.4. The van der Waals surface area contributed by atoms with E-state index in [1.807, 2.05) is 13.8 Å². The van der Waals surface area contributed by atoms with E-state index in [9.17, 15) is 18.0 Å². The molecule has 0 aromatic heterocycles. The predicted molar refractivity (Wildman–Crippen MR) is 168 cm³/mol. The van der Waals surface area contributed by atoms with Crippen molar-refractivity contribution in [1.82, 2.24) is 10.2 Å². The fourth-order valence-corrected chi connectivity index (χ4v) is 6.19. The Labute approximate surface area is 262 Å². The molecule has 0 saturated carbocycles. The molecule has 0 saturated heterocycles. The van der Waals surface area contributed by atoms with E-state index in [1.165, 1.54) is 29.2 Å². The third kappa shape index (κ3) is 8.31. The van der Waals surface area contributed by atoms with Gasteiger partial charge in [-0.25, -0.2) is 8.42 Å². The summed E-state index contributed by atoms with van der Waals surface area (Å²) in [5, 5.41) is 3.86. The van der Waals surface area contributed by atoms with Gasteiger partial charge in [-0.1, -0.05) is 59.9 Å². The van der Waals surface area contributed by atoms with Gasteiger partial charge in [0.1, 0.15) is 18.3 Å². The molecule has 0 aliphatic heterocycles. The Morgan fingerprint density at radius 3 is 2.19 bits per heavy atom. The van der Waals surface area contributed by atoms with Gasteiger partial charge in [0.15, 0.2) is 0 Å². The minimum Gasteiger partial charge on any atom is -0.492 e. The smallest absolute Gasteiger partial charge is 0.264 e. The topological polar surface area (TPSA) is 96.0 Å². The number of hydrogen-bond donors (Lipinski definition) is 1. The zero-order chi connectivity index (χ0) is 31.0. The predicted octanol–water partition coefficient (Wildman–Crippen LogP) is 6.57. The van der Waals surface area contributed by atoms with Crippen LogP contribution in [0, 0.1) is 0 Å². The van der Waals surface area contributed by atoms with Crippen LogP contribution in [0.25, 0.3) is 0 Å². The molecule has 1 N–H and O–H groups in total. The monoisotopic (exact) mass is 653 g/mol. The number of halogens is 3. The molecule has 2 amide bonds. The molecule has 0 heterocycles. The summed E-state index contributed by atoms with van der Waals surface area (Å²) in [6.45, 7) is 6.85. The molecule has 42 heavy (non-hydrogen) atoms. The Hall–Kier alpha value is -2.98. The van der Waals surface area contributed by atoms with Gasteiger partial charge in [-0.3, -0.25) is 13.9 Å². The fraction of sp³-hybridized carbons (Fsp3) is 0.333. The molecule has 0 aliphatic rings. The molecular weight excluding hydrogens is 621 g/mol. The van der Waals surface area contributed by atoms with Crippen molar-refractivity contribution in [3.05, 3.63) is 87.4 Å². The van der Waals surface area contributed by atoms with Crippen molar-refractivity contribution in [3.63, 3.8) is 0 Å². The van der Waals surface area contributed by atoms with Gasteiger partial charge in [-0.05, 0) is 81.3 Å². The van der Waals surface area contributed by atoms with E-state index >= 15 is 0 Å². The summed E-state index contributed by atoms with van der Waals surface area (Å²) in [4.78, 5) is 28.8. The van der Waals surface area contributed by atoms with Crippen molar-refractivity contribution >= 4 is 62.3 Å². The lowest BCUT2D eigenvalue weighted by Gasteiger charge is -2.34. The van der Waals surface area contributed by atoms with Crippen molar-refractivity contribution in [1.29, 1.82) is 0 Å². The summed E-state index contributed by atoms with van der Waals surface area (Å²) in [5.74, 6) is -0.677. The zero-order valence-corrected chi connectivity index (χ0v) is 26.9. The second-order valence-corrected chi connectivity index (χ2v) is 12.8. The molecule has 3 aromatic rings. The third-order valence-corrected chi connectivity index (χ3v) is 9.03. The first kappa shape index (κ1) is 33.5. The van der Waals surface area contributed by atoms with Crippen LogP contribution >= 0.6 is 34.8 Å². The van der Waals surface area contributed by atoms with Crippen molar-refractivity contribution in [2.24, 2.45) is 0 Å². The fourth-order valence-electron chi connectivity index (χ4n) is 4.32. The van der Waals surface area contributed by atoms with E-state index < -0.39 is 28.5 Å². The number of para-hydroxylation sites is 2. The first-order valence-corrected chi connectivity index (χ1v) is 16.0. The highest BCUT2D eigenvalue weighted by atomic mass is 35.5. The number of anilines is 1. The molecule has 226 valence electrons. The Morgan fingerprint density at radius 2 is 1.60 bits per heavy atom. The standard InChI is InChI=1S/C30H34Cl3N3O5S/c1-5-26(30(38)34-20(3)4)35(18-21-11-16-24(32)25(33)17-21)29(37)19-36(27-9-7-8-10-28(27)41-6-2)42(39,40)23-14-12-22(31)13-15-23/h7-17,20,26H,5-6,18-19H2,1-4H3,(H,34,38)/t26-/m1/s1. The molecule has 3 aromatic carbocycles. The van der Waals surface area contributed by atoms with Gasteiger partial charge < -0.3 is 15.0 Å². The van der Waals surface area contributed by atoms with Gasteiger partial charge in [-0.15, -0.1) is 0 Å². The van der Waals surface area contributed by atoms with Gasteiger partial charge in [-0.2, -0.15) is 0 Å². The van der Waals surface area contributed by atoms with Crippen LogP contribution in [0.4, 0.5) is 5.69 Å². The number of nitrogens with one attached hydrogen (secondary N) is 1. The van der Waals surface area contributed by atoms with E-state index in [0.29, 0.717) is 20.6 Å². The molecule has 8 nitrogen and oxygen atoms in total. The average Bonchev–Trinajstić information content (AvgIpc) is 2.94. The van der Waals surface area contributed by atoms with Crippen LogP contribution in [0.3, 0.4) is 0 Å². The molecule has 0 aliphatic carbocycles. The Morgan fingerprint density at radius 1 is 0.929 bits per heavy atom. The number of ether oxygens (including phenoxy) is 1. The number of nitrogens with zero attached hydrogens (tertiary/aromatic N) is 2. The maximum atomic E-state index is 14.2.